The van der Waals surface area contributed by atoms with Crippen LogP contribution < -0.4 is 5.32 Å². The Bertz CT molecular complexity index is 623. The molecular weight excluding hydrogens is 328 g/mol. The summed E-state index contributed by atoms with van der Waals surface area (Å²) in [7, 11) is 2.20. The Morgan fingerprint density at radius 3 is 2.38 bits per heavy atom. The molecule has 1 aromatic carbocycles. The van der Waals surface area contributed by atoms with Crippen molar-refractivity contribution in [2.45, 2.75) is 32.4 Å². The van der Waals surface area contributed by atoms with Crippen molar-refractivity contribution in [2.75, 3.05) is 46.3 Å². The fourth-order valence-electron chi connectivity index (χ4n) is 3.90. The molecular formula is C20H30N4O2. The summed E-state index contributed by atoms with van der Waals surface area (Å²) in [5.74, 6) is 0.0590. The average molecular weight is 358 g/mol. The van der Waals surface area contributed by atoms with Gasteiger partial charge < -0.3 is 15.1 Å². The first-order valence-corrected chi connectivity index (χ1v) is 9.58. The molecule has 6 nitrogen and oxygen atoms in total. The summed E-state index contributed by atoms with van der Waals surface area (Å²) < 4.78 is 0. The van der Waals surface area contributed by atoms with E-state index in [-0.39, 0.29) is 11.8 Å². The lowest BCUT2D eigenvalue weighted by Crippen LogP contribution is -2.55. The summed E-state index contributed by atoms with van der Waals surface area (Å²) in [5, 5.41) is 2.77. The molecule has 2 aliphatic rings. The van der Waals surface area contributed by atoms with E-state index in [1.807, 2.05) is 29.2 Å². The highest BCUT2D eigenvalue weighted by molar-refractivity contribution is 5.94. The number of likely N-dealkylation sites (tertiary alicyclic amines) is 1. The summed E-state index contributed by atoms with van der Waals surface area (Å²) in [4.78, 5) is 30.6. The Kier molecular flexibility index (Phi) is 6.27. The highest BCUT2D eigenvalue weighted by atomic mass is 16.2. The van der Waals surface area contributed by atoms with E-state index in [0.29, 0.717) is 12.6 Å². The lowest BCUT2D eigenvalue weighted by atomic mass is 10.0. The molecule has 2 fully saturated rings. The van der Waals surface area contributed by atoms with Crippen molar-refractivity contribution in [3.8, 4) is 0 Å². The summed E-state index contributed by atoms with van der Waals surface area (Å²) in [5.41, 5.74) is 1.73. The van der Waals surface area contributed by atoms with Crippen molar-refractivity contribution in [3.63, 3.8) is 0 Å². The highest BCUT2D eigenvalue weighted by Gasteiger charge is 2.28. The fraction of sp³-hybridized carbons (Fsp3) is 0.600. The Hall–Kier alpha value is -1.92. The van der Waals surface area contributed by atoms with Gasteiger partial charge in [0, 0.05) is 57.8 Å². The monoisotopic (exact) mass is 358 g/mol. The maximum atomic E-state index is 12.7. The van der Waals surface area contributed by atoms with Crippen molar-refractivity contribution in [1.82, 2.24) is 20.0 Å². The van der Waals surface area contributed by atoms with Gasteiger partial charge in [-0.2, -0.15) is 0 Å². The molecule has 2 aliphatic heterocycles. The standard InChI is InChI=1S/C20H30N4O2/c1-16(25)21-14-17-5-7-18(8-6-17)20(26)24-12-10-23(11-13-24)19-4-3-9-22(2)15-19/h5-8,19H,3-4,9-15H2,1-2H3,(H,21,25). The molecule has 142 valence electrons. The number of carbonyl (C=O) groups excluding carboxylic acids is 2. The summed E-state index contributed by atoms with van der Waals surface area (Å²) in [6.45, 7) is 7.87. The average Bonchev–Trinajstić information content (AvgIpc) is 2.66. The first kappa shape index (κ1) is 18.9. The van der Waals surface area contributed by atoms with Gasteiger partial charge in [0.15, 0.2) is 0 Å². The zero-order valence-corrected chi connectivity index (χ0v) is 15.9. The maximum Gasteiger partial charge on any atom is 0.253 e. The molecule has 1 atom stereocenters. The van der Waals surface area contributed by atoms with Crippen LogP contribution in [0.5, 0.6) is 0 Å². The Morgan fingerprint density at radius 1 is 1.08 bits per heavy atom. The Balaban J connectivity index is 1.51. The smallest absolute Gasteiger partial charge is 0.253 e. The molecule has 3 rings (SSSR count). The Morgan fingerprint density at radius 2 is 1.77 bits per heavy atom. The molecule has 2 saturated heterocycles. The second-order valence-electron chi connectivity index (χ2n) is 7.49. The number of likely N-dealkylation sites (N-methyl/N-ethyl adjacent to an activating group) is 1. The van der Waals surface area contributed by atoms with Crippen molar-refractivity contribution in [2.24, 2.45) is 0 Å². The summed E-state index contributed by atoms with van der Waals surface area (Å²) in [6.07, 6.45) is 2.54. The van der Waals surface area contributed by atoms with E-state index >= 15 is 0 Å². The SMILES string of the molecule is CC(=O)NCc1ccc(C(=O)N2CCN(C3CCCN(C)C3)CC2)cc1. The summed E-state index contributed by atoms with van der Waals surface area (Å²) >= 11 is 0. The fourth-order valence-corrected chi connectivity index (χ4v) is 3.90. The largest absolute Gasteiger partial charge is 0.352 e. The minimum Gasteiger partial charge on any atom is -0.352 e. The minimum atomic E-state index is -0.0489. The van der Waals surface area contributed by atoms with Crippen LogP contribution in [0.4, 0.5) is 0 Å². The van der Waals surface area contributed by atoms with Crippen molar-refractivity contribution in [1.29, 1.82) is 0 Å². The predicted octanol–water partition coefficient (Wildman–Crippen LogP) is 1.17. The zero-order chi connectivity index (χ0) is 18.5. The minimum absolute atomic E-state index is 0.0489. The van der Waals surface area contributed by atoms with E-state index in [1.165, 1.54) is 26.3 Å². The molecule has 26 heavy (non-hydrogen) atoms. The van der Waals surface area contributed by atoms with Gasteiger partial charge in [0.1, 0.15) is 0 Å². The van der Waals surface area contributed by atoms with Gasteiger partial charge in [-0.05, 0) is 44.1 Å². The first-order valence-electron chi connectivity index (χ1n) is 9.58. The van der Waals surface area contributed by atoms with Crippen molar-refractivity contribution in [3.05, 3.63) is 35.4 Å². The molecule has 0 bridgehead atoms. The summed E-state index contributed by atoms with van der Waals surface area (Å²) in [6, 6.07) is 8.19. The number of carbonyl (C=O) groups is 2. The molecule has 1 unspecified atom stereocenters. The number of piperazine rings is 1. The van der Waals surface area contributed by atoms with Gasteiger partial charge in [0.25, 0.3) is 5.91 Å². The molecule has 2 amide bonds. The van der Waals surface area contributed by atoms with Crippen LogP contribution in [0.1, 0.15) is 35.7 Å². The van der Waals surface area contributed by atoms with Crippen LogP contribution in [0.2, 0.25) is 0 Å². The van der Waals surface area contributed by atoms with E-state index in [2.05, 4.69) is 22.2 Å². The molecule has 6 heteroatoms. The van der Waals surface area contributed by atoms with Crippen LogP contribution in [0, 0.1) is 0 Å². The molecule has 1 N–H and O–H groups in total. The van der Waals surface area contributed by atoms with Crippen LogP contribution in [-0.2, 0) is 11.3 Å². The van der Waals surface area contributed by atoms with Gasteiger partial charge in [-0.25, -0.2) is 0 Å². The van der Waals surface area contributed by atoms with Crippen LogP contribution >= 0.6 is 0 Å². The second kappa shape index (κ2) is 8.64. The molecule has 0 radical (unpaired) electrons. The predicted molar refractivity (Wildman–Crippen MR) is 102 cm³/mol. The van der Waals surface area contributed by atoms with Crippen LogP contribution in [0.15, 0.2) is 24.3 Å². The number of piperidine rings is 1. The van der Waals surface area contributed by atoms with Gasteiger partial charge in [0.2, 0.25) is 5.91 Å². The number of nitrogens with one attached hydrogen (secondary N) is 1. The van der Waals surface area contributed by atoms with E-state index in [9.17, 15) is 9.59 Å². The molecule has 0 aliphatic carbocycles. The van der Waals surface area contributed by atoms with Gasteiger partial charge in [-0.3, -0.25) is 14.5 Å². The normalized spacial score (nSPS) is 22.2. The number of rotatable bonds is 4. The highest BCUT2D eigenvalue weighted by Crippen LogP contribution is 2.18. The van der Waals surface area contributed by atoms with E-state index < -0.39 is 0 Å². The van der Waals surface area contributed by atoms with E-state index in [1.54, 1.807) is 0 Å². The molecule has 0 spiro atoms. The lowest BCUT2D eigenvalue weighted by Gasteiger charge is -2.42. The third kappa shape index (κ3) is 4.83. The van der Waals surface area contributed by atoms with Gasteiger partial charge in [-0.1, -0.05) is 12.1 Å². The Labute approximate surface area is 156 Å². The van der Waals surface area contributed by atoms with Crippen LogP contribution in [-0.4, -0.2) is 78.9 Å². The molecule has 0 saturated carbocycles. The van der Waals surface area contributed by atoms with E-state index in [4.69, 9.17) is 0 Å². The number of amides is 2. The third-order valence-electron chi connectivity index (χ3n) is 5.46. The van der Waals surface area contributed by atoms with Crippen LogP contribution in [0.3, 0.4) is 0 Å². The maximum absolute atomic E-state index is 12.7. The number of hydrogen-bond acceptors (Lipinski definition) is 4. The van der Waals surface area contributed by atoms with Crippen LogP contribution in [0.25, 0.3) is 0 Å². The van der Waals surface area contributed by atoms with Gasteiger partial charge in [-0.15, -0.1) is 0 Å². The molecule has 2 heterocycles. The molecule has 0 aromatic heterocycles. The van der Waals surface area contributed by atoms with E-state index in [0.717, 1.165) is 43.9 Å². The van der Waals surface area contributed by atoms with Crippen molar-refractivity contribution >= 4 is 11.8 Å². The number of hydrogen-bond donors (Lipinski definition) is 1. The topological polar surface area (TPSA) is 55.9 Å². The quantitative estimate of drug-likeness (QED) is 0.878. The first-order chi connectivity index (χ1) is 12.5. The van der Waals surface area contributed by atoms with Gasteiger partial charge >= 0.3 is 0 Å². The lowest BCUT2D eigenvalue weighted by molar-refractivity contribution is -0.119. The molecule has 1 aromatic rings. The number of nitrogens with zero attached hydrogens (tertiary/aromatic N) is 3. The van der Waals surface area contributed by atoms with Crippen molar-refractivity contribution < 1.29 is 9.59 Å². The number of benzene rings is 1. The zero-order valence-electron chi connectivity index (χ0n) is 15.9. The van der Waals surface area contributed by atoms with Gasteiger partial charge in [0.05, 0.1) is 0 Å². The second-order valence-corrected chi connectivity index (χ2v) is 7.49. The third-order valence-corrected chi connectivity index (χ3v) is 5.46.